The lowest BCUT2D eigenvalue weighted by Crippen LogP contribution is -2.14. The summed E-state index contributed by atoms with van der Waals surface area (Å²) in [6, 6.07) is 1.03. The number of halogens is 6. The van der Waals surface area contributed by atoms with Crippen molar-refractivity contribution in [3.63, 3.8) is 0 Å². The highest BCUT2D eigenvalue weighted by atomic mass is 127. The first-order valence-corrected chi connectivity index (χ1v) is 4.95. The summed E-state index contributed by atoms with van der Waals surface area (Å²) in [5, 5.41) is 0. The van der Waals surface area contributed by atoms with Gasteiger partial charge in [-0.15, -0.1) is 0 Å². The van der Waals surface area contributed by atoms with Crippen LogP contribution in [0.2, 0.25) is 0 Å². The van der Waals surface area contributed by atoms with Crippen molar-refractivity contribution in [2.75, 3.05) is 7.11 Å². The van der Waals surface area contributed by atoms with E-state index in [4.69, 9.17) is 0 Å². The number of pyridine rings is 1. The highest BCUT2D eigenvalue weighted by Gasteiger charge is 2.40. The number of rotatable bonds is 2. The standard InChI is InChI=1S/C8H5F5INO/c1-16-3-2-4(14)15-6(8(11,12)13)5(3)7(9)10/h2,7H,1H3. The number of hydrogen-bond acceptors (Lipinski definition) is 2. The minimum absolute atomic E-state index is 0.0637. The van der Waals surface area contributed by atoms with Gasteiger partial charge in [0.05, 0.1) is 12.7 Å². The Morgan fingerprint density at radius 3 is 2.31 bits per heavy atom. The summed E-state index contributed by atoms with van der Waals surface area (Å²) >= 11 is 1.50. The second-order valence-corrected chi connectivity index (χ2v) is 3.81. The lowest BCUT2D eigenvalue weighted by Gasteiger charge is -2.15. The number of hydrogen-bond donors (Lipinski definition) is 0. The van der Waals surface area contributed by atoms with E-state index in [1.54, 1.807) is 0 Å². The van der Waals surface area contributed by atoms with Gasteiger partial charge in [0.15, 0.2) is 5.69 Å². The van der Waals surface area contributed by atoms with Gasteiger partial charge in [-0.3, -0.25) is 0 Å². The van der Waals surface area contributed by atoms with E-state index in [-0.39, 0.29) is 3.70 Å². The molecule has 0 radical (unpaired) electrons. The SMILES string of the molecule is COc1cc(I)nc(C(F)(F)F)c1C(F)F. The molecule has 1 rings (SSSR count). The van der Waals surface area contributed by atoms with E-state index in [2.05, 4.69) is 9.72 Å². The van der Waals surface area contributed by atoms with Gasteiger partial charge in [0.25, 0.3) is 6.43 Å². The molecule has 1 aromatic rings. The highest BCUT2D eigenvalue weighted by Crippen LogP contribution is 2.40. The van der Waals surface area contributed by atoms with Gasteiger partial charge in [0.1, 0.15) is 9.45 Å². The van der Waals surface area contributed by atoms with E-state index in [0.29, 0.717) is 0 Å². The zero-order valence-electron chi connectivity index (χ0n) is 7.78. The van der Waals surface area contributed by atoms with E-state index in [1.165, 1.54) is 22.6 Å². The van der Waals surface area contributed by atoms with Crippen LogP contribution in [0.3, 0.4) is 0 Å². The maximum absolute atomic E-state index is 12.5. The Labute approximate surface area is 101 Å². The average Bonchev–Trinajstić information content (AvgIpc) is 2.14. The van der Waals surface area contributed by atoms with E-state index < -0.39 is 29.6 Å². The van der Waals surface area contributed by atoms with E-state index in [1.807, 2.05) is 0 Å². The molecule has 0 aliphatic heterocycles. The monoisotopic (exact) mass is 353 g/mol. The van der Waals surface area contributed by atoms with Gasteiger partial charge < -0.3 is 4.74 Å². The van der Waals surface area contributed by atoms with E-state index in [9.17, 15) is 22.0 Å². The fraction of sp³-hybridized carbons (Fsp3) is 0.375. The Kier molecular flexibility index (Phi) is 3.92. The Hall–Kier alpha value is -0.670. The van der Waals surface area contributed by atoms with Crippen LogP contribution in [-0.2, 0) is 6.18 Å². The minimum Gasteiger partial charge on any atom is -0.496 e. The zero-order chi connectivity index (χ0) is 12.5. The van der Waals surface area contributed by atoms with Crippen LogP contribution in [0.25, 0.3) is 0 Å². The average molecular weight is 353 g/mol. The highest BCUT2D eigenvalue weighted by molar-refractivity contribution is 14.1. The number of alkyl halides is 5. The van der Waals surface area contributed by atoms with Crippen molar-refractivity contribution < 1.29 is 26.7 Å². The van der Waals surface area contributed by atoms with Crippen LogP contribution in [-0.4, -0.2) is 12.1 Å². The first-order chi connectivity index (χ1) is 7.27. The van der Waals surface area contributed by atoms with E-state index in [0.717, 1.165) is 13.2 Å². The first kappa shape index (κ1) is 13.4. The Balaban J connectivity index is 3.51. The molecular weight excluding hydrogens is 348 g/mol. The van der Waals surface area contributed by atoms with Crippen LogP contribution in [0.4, 0.5) is 22.0 Å². The van der Waals surface area contributed by atoms with Crippen molar-refractivity contribution in [1.82, 2.24) is 4.98 Å². The zero-order valence-corrected chi connectivity index (χ0v) is 9.94. The summed E-state index contributed by atoms with van der Waals surface area (Å²) in [5.74, 6) is -0.512. The lowest BCUT2D eigenvalue weighted by atomic mass is 10.1. The van der Waals surface area contributed by atoms with Crippen molar-refractivity contribution in [2.24, 2.45) is 0 Å². The molecule has 90 valence electrons. The molecule has 0 bridgehead atoms. The fourth-order valence-electron chi connectivity index (χ4n) is 1.10. The van der Waals surface area contributed by atoms with Gasteiger partial charge in [0, 0.05) is 6.07 Å². The predicted octanol–water partition coefficient (Wildman–Crippen LogP) is 3.65. The van der Waals surface area contributed by atoms with Gasteiger partial charge in [-0.2, -0.15) is 13.2 Å². The molecule has 0 unspecified atom stereocenters. The normalized spacial score (nSPS) is 12.0. The summed E-state index contributed by atoms with van der Waals surface area (Å²) in [4.78, 5) is 3.08. The number of nitrogens with zero attached hydrogens (tertiary/aromatic N) is 1. The topological polar surface area (TPSA) is 22.1 Å². The minimum atomic E-state index is -4.93. The van der Waals surface area contributed by atoms with Crippen LogP contribution < -0.4 is 4.74 Å². The third kappa shape index (κ3) is 2.71. The van der Waals surface area contributed by atoms with Crippen LogP contribution in [0.15, 0.2) is 6.07 Å². The Bertz CT molecular complexity index is 393. The van der Waals surface area contributed by atoms with Gasteiger partial charge in [-0.25, -0.2) is 13.8 Å². The summed E-state index contributed by atoms with van der Waals surface area (Å²) in [7, 11) is 1.03. The smallest absolute Gasteiger partial charge is 0.434 e. The molecule has 0 aliphatic carbocycles. The summed E-state index contributed by atoms with van der Waals surface area (Å²) in [5.41, 5.74) is -2.83. The number of ether oxygens (including phenoxy) is 1. The van der Waals surface area contributed by atoms with Gasteiger partial charge >= 0.3 is 6.18 Å². The molecule has 0 saturated carbocycles. The number of aromatic nitrogens is 1. The van der Waals surface area contributed by atoms with Gasteiger partial charge in [-0.1, -0.05) is 0 Å². The Morgan fingerprint density at radius 1 is 1.38 bits per heavy atom. The molecule has 0 N–H and O–H groups in total. The van der Waals surface area contributed by atoms with Crippen molar-refractivity contribution in [2.45, 2.75) is 12.6 Å². The second-order valence-electron chi connectivity index (χ2n) is 2.71. The summed E-state index contributed by atoms with van der Waals surface area (Å²) < 4.78 is 66.8. The molecule has 8 heteroatoms. The van der Waals surface area contributed by atoms with Crippen molar-refractivity contribution in [3.05, 3.63) is 21.0 Å². The molecule has 1 heterocycles. The molecule has 1 aromatic heterocycles. The molecule has 0 saturated heterocycles. The largest absolute Gasteiger partial charge is 0.496 e. The Morgan fingerprint density at radius 2 is 1.94 bits per heavy atom. The van der Waals surface area contributed by atoms with Crippen LogP contribution in [0, 0.1) is 3.70 Å². The molecule has 0 fully saturated rings. The number of methoxy groups -OCH3 is 1. The molecule has 0 aliphatic rings. The molecule has 2 nitrogen and oxygen atoms in total. The molecule has 16 heavy (non-hydrogen) atoms. The van der Waals surface area contributed by atoms with Crippen LogP contribution >= 0.6 is 22.6 Å². The van der Waals surface area contributed by atoms with E-state index >= 15 is 0 Å². The molecule has 0 aromatic carbocycles. The first-order valence-electron chi connectivity index (χ1n) is 3.87. The third-order valence-corrected chi connectivity index (χ3v) is 2.25. The molecular formula is C8H5F5INO. The summed E-state index contributed by atoms with van der Waals surface area (Å²) in [6.45, 7) is 0. The maximum Gasteiger partial charge on any atom is 0.434 e. The van der Waals surface area contributed by atoms with Crippen molar-refractivity contribution >= 4 is 22.6 Å². The van der Waals surface area contributed by atoms with Crippen molar-refractivity contribution in [1.29, 1.82) is 0 Å². The fourth-order valence-corrected chi connectivity index (χ4v) is 1.62. The maximum atomic E-state index is 12.5. The van der Waals surface area contributed by atoms with Crippen LogP contribution in [0.1, 0.15) is 17.7 Å². The van der Waals surface area contributed by atoms with Gasteiger partial charge in [0.2, 0.25) is 0 Å². The third-order valence-electron chi connectivity index (χ3n) is 1.70. The second kappa shape index (κ2) is 4.68. The van der Waals surface area contributed by atoms with Gasteiger partial charge in [-0.05, 0) is 22.6 Å². The predicted molar refractivity (Wildman–Crippen MR) is 53.5 cm³/mol. The molecule has 0 spiro atoms. The summed E-state index contributed by atoms with van der Waals surface area (Å²) in [6.07, 6.45) is -8.23. The van der Waals surface area contributed by atoms with Crippen LogP contribution in [0.5, 0.6) is 5.75 Å². The quantitative estimate of drug-likeness (QED) is 0.460. The molecule has 0 amide bonds. The molecule has 0 atom stereocenters. The van der Waals surface area contributed by atoms with Crippen molar-refractivity contribution in [3.8, 4) is 5.75 Å². The lowest BCUT2D eigenvalue weighted by molar-refractivity contribution is -0.143.